The van der Waals surface area contributed by atoms with Crippen molar-refractivity contribution in [3.05, 3.63) is 18.3 Å². The summed E-state index contributed by atoms with van der Waals surface area (Å²) in [5.74, 6) is 0.953. The molecule has 1 aliphatic heterocycles. The van der Waals surface area contributed by atoms with Crippen LogP contribution in [0.15, 0.2) is 18.3 Å². The molecule has 0 unspecified atom stereocenters. The molecule has 24 heavy (non-hydrogen) atoms. The van der Waals surface area contributed by atoms with E-state index in [2.05, 4.69) is 25.4 Å². The Labute approximate surface area is 144 Å². The first kappa shape index (κ1) is 17.0. The summed E-state index contributed by atoms with van der Waals surface area (Å²) in [7, 11) is 0. The number of aromatic nitrogens is 1. The van der Waals surface area contributed by atoms with Gasteiger partial charge in [0.25, 0.3) is 0 Å². The normalized spacial score (nSPS) is 19.5. The van der Waals surface area contributed by atoms with Crippen molar-refractivity contribution in [1.29, 1.82) is 0 Å². The quantitative estimate of drug-likeness (QED) is 0.871. The van der Waals surface area contributed by atoms with Gasteiger partial charge in [0.2, 0.25) is 0 Å². The molecular formula is C18H29N5O. The molecule has 0 bridgehead atoms. The molecule has 2 fully saturated rings. The van der Waals surface area contributed by atoms with Crippen LogP contribution < -0.4 is 15.5 Å². The first-order valence-corrected chi connectivity index (χ1v) is 9.26. The van der Waals surface area contributed by atoms with Crippen molar-refractivity contribution in [2.75, 3.05) is 42.9 Å². The Balaban J connectivity index is 1.53. The number of carbonyl (C=O) groups excluding carboxylic acids is 1. The van der Waals surface area contributed by atoms with Gasteiger partial charge >= 0.3 is 6.03 Å². The van der Waals surface area contributed by atoms with Crippen molar-refractivity contribution in [3.8, 4) is 0 Å². The summed E-state index contributed by atoms with van der Waals surface area (Å²) in [4.78, 5) is 21.2. The molecule has 1 aromatic heterocycles. The molecule has 2 heterocycles. The Hall–Kier alpha value is -1.82. The van der Waals surface area contributed by atoms with Crippen molar-refractivity contribution in [3.63, 3.8) is 0 Å². The van der Waals surface area contributed by atoms with E-state index in [-0.39, 0.29) is 6.03 Å². The Morgan fingerprint density at radius 2 is 2.00 bits per heavy atom. The first-order valence-electron chi connectivity index (χ1n) is 9.26. The molecule has 2 N–H and O–H groups in total. The number of hydrogen-bond acceptors (Lipinski definition) is 4. The minimum atomic E-state index is -0.153. The van der Waals surface area contributed by atoms with Crippen LogP contribution in [0.4, 0.5) is 16.3 Å². The van der Waals surface area contributed by atoms with Crippen LogP contribution in [0.1, 0.15) is 39.0 Å². The zero-order valence-electron chi connectivity index (χ0n) is 14.6. The van der Waals surface area contributed by atoms with Gasteiger partial charge in [-0.3, -0.25) is 4.90 Å². The van der Waals surface area contributed by atoms with E-state index < -0.39 is 0 Å². The molecule has 132 valence electrons. The summed E-state index contributed by atoms with van der Waals surface area (Å²) in [6.07, 6.45) is 8.21. The molecule has 6 heteroatoms. The van der Waals surface area contributed by atoms with E-state index in [1.165, 1.54) is 25.7 Å². The standard InChI is InChI=1S/C18H29N5O/c1-2-8-20-18(24)21-15-7-9-19-17(14-15)23-12-10-22(11-13-23)16-5-3-4-6-16/h7,9,14,16H,2-6,8,10-13H2,1H3,(H2,19,20,21,24). The molecule has 0 spiro atoms. The molecule has 0 radical (unpaired) electrons. The summed E-state index contributed by atoms with van der Waals surface area (Å²) < 4.78 is 0. The van der Waals surface area contributed by atoms with Gasteiger partial charge in [0.05, 0.1) is 0 Å². The minimum Gasteiger partial charge on any atom is -0.354 e. The Bertz CT molecular complexity index is 536. The Morgan fingerprint density at radius 1 is 1.25 bits per heavy atom. The van der Waals surface area contributed by atoms with Crippen LogP contribution in [0, 0.1) is 0 Å². The number of nitrogens with one attached hydrogen (secondary N) is 2. The van der Waals surface area contributed by atoms with Crippen molar-refractivity contribution >= 4 is 17.5 Å². The van der Waals surface area contributed by atoms with Gasteiger partial charge in [-0.2, -0.15) is 0 Å². The third-order valence-corrected chi connectivity index (χ3v) is 5.02. The van der Waals surface area contributed by atoms with Gasteiger partial charge in [-0.1, -0.05) is 19.8 Å². The SMILES string of the molecule is CCCNC(=O)Nc1ccnc(N2CCN(C3CCCC3)CC2)c1. The van der Waals surface area contributed by atoms with Gasteiger partial charge in [0.1, 0.15) is 5.82 Å². The topological polar surface area (TPSA) is 60.5 Å². The average molecular weight is 331 g/mol. The van der Waals surface area contributed by atoms with E-state index in [1.807, 2.05) is 19.1 Å². The van der Waals surface area contributed by atoms with E-state index in [9.17, 15) is 4.79 Å². The maximum Gasteiger partial charge on any atom is 0.319 e. The second-order valence-electron chi connectivity index (χ2n) is 6.74. The molecule has 1 saturated carbocycles. The number of pyridine rings is 1. The molecule has 0 atom stereocenters. The lowest BCUT2D eigenvalue weighted by Gasteiger charge is -2.38. The maximum absolute atomic E-state index is 11.8. The minimum absolute atomic E-state index is 0.153. The number of rotatable bonds is 5. The fourth-order valence-electron chi connectivity index (χ4n) is 3.67. The highest BCUT2D eigenvalue weighted by Crippen LogP contribution is 2.25. The average Bonchev–Trinajstić information content (AvgIpc) is 3.15. The summed E-state index contributed by atoms with van der Waals surface area (Å²) in [6, 6.07) is 4.45. The Morgan fingerprint density at radius 3 is 2.71 bits per heavy atom. The van der Waals surface area contributed by atoms with E-state index in [0.29, 0.717) is 6.54 Å². The van der Waals surface area contributed by atoms with Crippen LogP contribution in [0.25, 0.3) is 0 Å². The second-order valence-corrected chi connectivity index (χ2v) is 6.74. The third-order valence-electron chi connectivity index (χ3n) is 5.02. The van der Waals surface area contributed by atoms with Gasteiger partial charge in [-0.15, -0.1) is 0 Å². The van der Waals surface area contributed by atoms with Crippen molar-refractivity contribution in [2.24, 2.45) is 0 Å². The van der Waals surface area contributed by atoms with Gasteiger partial charge in [0, 0.05) is 56.7 Å². The van der Waals surface area contributed by atoms with Crippen LogP contribution in [0.2, 0.25) is 0 Å². The summed E-state index contributed by atoms with van der Waals surface area (Å²) in [5.41, 5.74) is 0.798. The molecule has 2 amide bonds. The number of amides is 2. The lowest BCUT2D eigenvalue weighted by molar-refractivity contribution is 0.187. The number of hydrogen-bond donors (Lipinski definition) is 2. The number of carbonyl (C=O) groups is 1. The summed E-state index contributed by atoms with van der Waals surface area (Å²) >= 11 is 0. The van der Waals surface area contributed by atoms with Crippen LogP contribution >= 0.6 is 0 Å². The summed E-state index contributed by atoms with van der Waals surface area (Å²) in [5, 5.41) is 5.71. The fourth-order valence-corrected chi connectivity index (χ4v) is 3.67. The van der Waals surface area contributed by atoms with Gasteiger partial charge < -0.3 is 15.5 Å². The highest BCUT2D eigenvalue weighted by atomic mass is 16.2. The molecular weight excluding hydrogens is 302 g/mol. The van der Waals surface area contributed by atoms with Crippen LogP contribution in [-0.4, -0.2) is 54.7 Å². The largest absolute Gasteiger partial charge is 0.354 e. The van der Waals surface area contributed by atoms with Gasteiger partial charge in [0.15, 0.2) is 0 Å². The molecule has 1 saturated heterocycles. The van der Waals surface area contributed by atoms with Crippen molar-refractivity contribution in [2.45, 2.75) is 45.1 Å². The third kappa shape index (κ3) is 4.38. The second kappa shape index (κ2) is 8.33. The number of urea groups is 1. The smallest absolute Gasteiger partial charge is 0.319 e. The summed E-state index contributed by atoms with van der Waals surface area (Å²) in [6.45, 7) is 6.97. The van der Waals surface area contributed by atoms with E-state index >= 15 is 0 Å². The highest BCUT2D eigenvalue weighted by Gasteiger charge is 2.26. The first-order chi connectivity index (χ1) is 11.8. The molecule has 2 aliphatic rings. The predicted molar refractivity (Wildman–Crippen MR) is 97.6 cm³/mol. The number of nitrogens with zero attached hydrogens (tertiary/aromatic N) is 3. The van der Waals surface area contributed by atoms with Gasteiger partial charge in [-0.05, 0) is 25.3 Å². The Kier molecular flexibility index (Phi) is 5.91. The van der Waals surface area contributed by atoms with Crippen molar-refractivity contribution in [1.82, 2.24) is 15.2 Å². The predicted octanol–water partition coefficient (Wildman–Crippen LogP) is 2.68. The zero-order valence-corrected chi connectivity index (χ0v) is 14.6. The van der Waals surface area contributed by atoms with Crippen LogP contribution in [-0.2, 0) is 0 Å². The van der Waals surface area contributed by atoms with Gasteiger partial charge in [-0.25, -0.2) is 9.78 Å². The number of piperazine rings is 1. The zero-order chi connectivity index (χ0) is 16.8. The highest BCUT2D eigenvalue weighted by molar-refractivity contribution is 5.89. The molecule has 6 nitrogen and oxygen atoms in total. The van der Waals surface area contributed by atoms with E-state index in [1.54, 1.807) is 6.20 Å². The van der Waals surface area contributed by atoms with Crippen LogP contribution in [0.5, 0.6) is 0 Å². The monoisotopic (exact) mass is 331 g/mol. The molecule has 0 aromatic carbocycles. The van der Waals surface area contributed by atoms with Crippen LogP contribution in [0.3, 0.4) is 0 Å². The van der Waals surface area contributed by atoms with Crippen molar-refractivity contribution < 1.29 is 4.79 Å². The molecule has 1 aromatic rings. The number of anilines is 2. The lowest BCUT2D eigenvalue weighted by atomic mass is 10.2. The van der Waals surface area contributed by atoms with E-state index in [4.69, 9.17) is 0 Å². The fraction of sp³-hybridized carbons (Fsp3) is 0.667. The molecule has 1 aliphatic carbocycles. The molecule has 3 rings (SSSR count). The maximum atomic E-state index is 11.8. The van der Waals surface area contributed by atoms with E-state index in [0.717, 1.165) is 50.1 Å². The lowest BCUT2D eigenvalue weighted by Crippen LogP contribution is -2.50.